The molecule has 0 saturated heterocycles. The van der Waals surface area contributed by atoms with Crippen molar-refractivity contribution in [2.75, 3.05) is 0 Å². The van der Waals surface area contributed by atoms with E-state index in [4.69, 9.17) is 4.42 Å². The van der Waals surface area contributed by atoms with Crippen LogP contribution in [0.3, 0.4) is 0 Å². The van der Waals surface area contributed by atoms with Gasteiger partial charge in [-0.2, -0.15) is 0 Å². The van der Waals surface area contributed by atoms with Crippen molar-refractivity contribution < 1.29 is 13.9 Å². The van der Waals surface area contributed by atoms with Crippen molar-refractivity contribution in [2.24, 2.45) is 0 Å². The number of aromatic nitrogens is 1. The normalized spacial score (nSPS) is 11.3. The number of rotatable bonds is 3. The summed E-state index contributed by atoms with van der Waals surface area (Å²) in [5.41, 5.74) is -0.271. The lowest BCUT2D eigenvalue weighted by Crippen LogP contribution is -2.20. The number of nitrogens with zero attached hydrogens (tertiary/aromatic N) is 1. The number of hydrogen-bond acceptors (Lipinski definition) is 5. The molecule has 0 bridgehead atoms. The van der Waals surface area contributed by atoms with E-state index in [2.05, 4.69) is 0 Å². The highest BCUT2D eigenvalue weighted by atomic mass is 32.2. The minimum Gasteiger partial charge on any atom is -0.505 e. The molecule has 1 N–H and O–H groups in total. The van der Waals surface area contributed by atoms with Gasteiger partial charge in [0.15, 0.2) is 11.3 Å². The number of benzene rings is 3. The topological polar surface area (TPSA) is 72.4 Å². The average molecular weight is 431 g/mol. The van der Waals surface area contributed by atoms with E-state index in [1.807, 2.05) is 6.07 Å². The van der Waals surface area contributed by atoms with Crippen LogP contribution in [-0.2, 0) is 0 Å². The SMILES string of the molecule is O=c1oc2c(c(O)c1Sc1ccccc1F)c(=O)n(-c1ccccc1)c1ccccc21. The van der Waals surface area contributed by atoms with Crippen LogP contribution in [0.1, 0.15) is 0 Å². The van der Waals surface area contributed by atoms with Crippen molar-refractivity contribution in [3.63, 3.8) is 0 Å². The zero-order valence-corrected chi connectivity index (χ0v) is 16.7. The van der Waals surface area contributed by atoms with Gasteiger partial charge in [-0.15, -0.1) is 0 Å². The van der Waals surface area contributed by atoms with Gasteiger partial charge in [0.05, 0.1) is 5.52 Å². The van der Waals surface area contributed by atoms with Gasteiger partial charge in [0.1, 0.15) is 16.1 Å². The molecule has 5 nitrogen and oxygen atoms in total. The predicted octanol–water partition coefficient (Wildman–Crippen LogP) is 5.09. The van der Waals surface area contributed by atoms with E-state index in [0.717, 1.165) is 11.8 Å². The Morgan fingerprint density at radius 1 is 0.871 bits per heavy atom. The summed E-state index contributed by atoms with van der Waals surface area (Å²) in [6, 6.07) is 21.8. The Kier molecular flexibility index (Phi) is 4.60. The zero-order valence-electron chi connectivity index (χ0n) is 15.9. The predicted molar refractivity (Wildman–Crippen MR) is 118 cm³/mol. The highest BCUT2D eigenvalue weighted by Gasteiger charge is 2.23. The van der Waals surface area contributed by atoms with E-state index < -0.39 is 22.8 Å². The minimum atomic E-state index is -0.847. The molecular formula is C24H14FNO4S. The molecule has 0 spiro atoms. The number of halogens is 1. The molecule has 152 valence electrons. The molecule has 0 amide bonds. The number of pyridine rings is 1. The Morgan fingerprint density at radius 2 is 1.55 bits per heavy atom. The lowest BCUT2D eigenvalue weighted by atomic mass is 10.1. The first-order valence-electron chi connectivity index (χ1n) is 9.37. The van der Waals surface area contributed by atoms with Gasteiger partial charge in [-0.1, -0.05) is 54.2 Å². The van der Waals surface area contributed by atoms with Crippen LogP contribution in [0.15, 0.2) is 103 Å². The Morgan fingerprint density at radius 3 is 2.32 bits per heavy atom. The van der Waals surface area contributed by atoms with Crippen LogP contribution < -0.4 is 11.2 Å². The largest absolute Gasteiger partial charge is 0.505 e. The molecule has 5 rings (SSSR count). The van der Waals surface area contributed by atoms with Gasteiger partial charge >= 0.3 is 5.63 Å². The molecule has 0 radical (unpaired) electrons. The first-order chi connectivity index (χ1) is 15.1. The summed E-state index contributed by atoms with van der Waals surface area (Å²) < 4.78 is 21.1. The third-order valence-corrected chi connectivity index (χ3v) is 6.04. The van der Waals surface area contributed by atoms with Gasteiger partial charge in [-0.05, 0) is 36.4 Å². The maximum absolute atomic E-state index is 14.1. The maximum Gasteiger partial charge on any atom is 0.354 e. The Labute approximate surface area is 179 Å². The van der Waals surface area contributed by atoms with Crippen molar-refractivity contribution in [3.8, 4) is 11.4 Å². The highest BCUT2D eigenvalue weighted by Crippen LogP contribution is 2.38. The smallest absolute Gasteiger partial charge is 0.354 e. The second kappa shape index (κ2) is 7.45. The Hall–Kier alpha value is -3.84. The van der Waals surface area contributed by atoms with E-state index >= 15 is 0 Å². The van der Waals surface area contributed by atoms with Gasteiger partial charge in [-0.3, -0.25) is 9.36 Å². The van der Waals surface area contributed by atoms with Gasteiger partial charge in [0, 0.05) is 16.0 Å². The van der Waals surface area contributed by atoms with Crippen molar-refractivity contribution in [1.82, 2.24) is 4.57 Å². The Bertz CT molecular complexity index is 1570. The standard InChI is InChI=1S/C24H14FNO4S/c25-16-11-5-7-13-18(16)31-22-20(27)19-21(30-24(22)29)15-10-4-6-12-17(15)26(23(19)28)14-8-2-1-3-9-14/h1-13,27H. The molecule has 2 aromatic heterocycles. The number of para-hydroxylation sites is 2. The second-order valence-corrected chi connectivity index (χ2v) is 7.85. The lowest BCUT2D eigenvalue weighted by molar-refractivity contribution is 0.447. The van der Waals surface area contributed by atoms with Crippen molar-refractivity contribution in [1.29, 1.82) is 0 Å². The molecule has 0 atom stereocenters. The van der Waals surface area contributed by atoms with Crippen LogP contribution in [0.25, 0.3) is 27.6 Å². The van der Waals surface area contributed by atoms with Gasteiger partial charge < -0.3 is 9.52 Å². The quantitative estimate of drug-likeness (QED) is 0.403. The van der Waals surface area contributed by atoms with E-state index in [-0.39, 0.29) is 20.8 Å². The summed E-state index contributed by atoms with van der Waals surface area (Å²) in [5.74, 6) is -1.08. The van der Waals surface area contributed by atoms with Gasteiger partial charge in [0.2, 0.25) is 0 Å². The molecule has 0 saturated carbocycles. The molecule has 0 aliphatic heterocycles. The minimum absolute atomic E-state index is 0.00633. The van der Waals surface area contributed by atoms with Gasteiger partial charge in [0.25, 0.3) is 5.56 Å². The van der Waals surface area contributed by atoms with E-state index in [0.29, 0.717) is 16.6 Å². The number of hydrogen-bond donors (Lipinski definition) is 1. The number of aromatic hydroxyl groups is 1. The van der Waals surface area contributed by atoms with Crippen LogP contribution in [0, 0.1) is 5.82 Å². The fourth-order valence-corrected chi connectivity index (χ4v) is 4.39. The van der Waals surface area contributed by atoms with E-state index in [9.17, 15) is 19.1 Å². The molecule has 0 aliphatic carbocycles. The second-order valence-electron chi connectivity index (χ2n) is 6.80. The molecule has 0 fully saturated rings. The summed E-state index contributed by atoms with van der Waals surface area (Å²) in [5, 5.41) is 11.3. The monoisotopic (exact) mass is 431 g/mol. The first kappa shape index (κ1) is 19.1. The summed E-state index contributed by atoms with van der Waals surface area (Å²) in [4.78, 5) is 26.1. The van der Waals surface area contributed by atoms with E-state index in [1.165, 1.54) is 22.8 Å². The van der Waals surface area contributed by atoms with Crippen LogP contribution >= 0.6 is 11.8 Å². The first-order valence-corrected chi connectivity index (χ1v) is 10.2. The van der Waals surface area contributed by atoms with Crippen molar-refractivity contribution in [3.05, 3.63) is 105 Å². The van der Waals surface area contributed by atoms with Crippen LogP contribution in [0.2, 0.25) is 0 Å². The zero-order chi connectivity index (χ0) is 21.5. The van der Waals surface area contributed by atoms with Crippen molar-refractivity contribution in [2.45, 2.75) is 9.79 Å². The van der Waals surface area contributed by atoms with E-state index in [1.54, 1.807) is 54.6 Å². The van der Waals surface area contributed by atoms with Crippen molar-refractivity contribution >= 4 is 33.6 Å². The Balaban J connectivity index is 1.89. The third kappa shape index (κ3) is 3.10. The molecule has 31 heavy (non-hydrogen) atoms. The molecule has 0 unspecified atom stereocenters. The molecule has 3 aromatic carbocycles. The van der Waals surface area contributed by atoms with Crippen LogP contribution in [-0.4, -0.2) is 9.67 Å². The summed E-state index contributed by atoms with van der Waals surface area (Å²) >= 11 is 0.719. The maximum atomic E-state index is 14.1. The van der Waals surface area contributed by atoms with Crippen LogP contribution in [0.4, 0.5) is 4.39 Å². The number of fused-ring (bicyclic) bond motifs is 3. The third-order valence-electron chi connectivity index (χ3n) is 4.93. The summed E-state index contributed by atoms with van der Waals surface area (Å²) in [6.07, 6.45) is 0. The molecule has 7 heteroatoms. The van der Waals surface area contributed by atoms with Crippen LogP contribution in [0.5, 0.6) is 5.75 Å². The molecular weight excluding hydrogens is 417 g/mol. The summed E-state index contributed by atoms with van der Waals surface area (Å²) in [7, 11) is 0. The summed E-state index contributed by atoms with van der Waals surface area (Å²) in [6.45, 7) is 0. The fraction of sp³-hybridized carbons (Fsp3) is 0. The lowest BCUT2D eigenvalue weighted by Gasteiger charge is -2.14. The molecule has 5 aromatic rings. The average Bonchev–Trinajstić information content (AvgIpc) is 2.78. The van der Waals surface area contributed by atoms with Gasteiger partial charge in [-0.25, -0.2) is 9.18 Å². The highest BCUT2D eigenvalue weighted by molar-refractivity contribution is 7.99. The molecule has 2 heterocycles. The fourth-order valence-electron chi connectivity index (χ4n) is 3.54. The molecule has 0 aliphatic rings.